The van der Waals surface area contributed by atoms with Gasteiger partial charge in [0.1, 0.15) is 0 Å². The van der Waals surface area contributed by atoms with Crippen molar-refractivity contribution < 1.29 is 0 Å². The molecule has 2 heterocycles. The summed E-state index contributed by atoms with van der Waals surface area (Å²) in [5, 5.41) is 2.49. The Hall–Kier alpha value is -5.45. The molecule has 4 heteroatoms. The molecule has 8 aromatic rings. The van der Waals surface area contributed by atoms with E-state index in [2.05, 4.69) is 149 Å². The highest BCUT2D eigenvalue weighted by Gasteiger charge is 2.46. The van der Waals surface area contributed by atoms with Crippen LogP contribution in [0, 0.1) is 0 Å². The summed E-state index contributed by atoms with van der Waals surface area (Å²) in [4.78, 5) is 15.6. The first-order valence-electron chi connectivity index (χ1n) is 16.9. The molecule has 0 aliphatic heterocycles. The number of thiophene rings is 1. The highest BCUT2D eigenvalue weighted by atomic mass is 32.1. The van der Waals surface area contributed by atoms with Gasteiger partial charge in [-0.1, -0.05) is 137 Å². The molecule has 0 N–H and O–H groups in total. The van der Waals surface area contributed by atoms with Gasteiger partial charge >= 0.3 is 0 Å². The van der Waals surface area contributed by atoms with E-state index >= 15 is 0 Å². The predicted octanol–water partition coefficient (Wildman–Crippen LogP) is 12.1. The number of fused-ring (bicyclic) bond motifs is 6. The molecule has 0 unspecified atom stereocenters. The summed E-state index contributed by atoms with van der Waals surface area (Å²) in [5.41, 5.74) is 10.2. The van der Waals surface area contributed by atoms with Crippen LogP contribution in [0.2, 0.25) is 0 Å². The highest BCUT2D eigenvalue weighted by Crippen LogP contribution is 2.56. The molecule has 0 radical (unpaired) electrons. The lowest BCUT2D eigenvalue weighted by molar-refractivity contribution is 0.299. The van der Waals surface area contributed by atoms with Crippen LogP contribution >= 0.6 is 11.3 Å². The third-order valence-electron chi connectivity index (χ3n) is 10.9. The van der Waals surface area contributed by atoms with Crippen LogP contribution in [0.25, 0.3) is 76.6 Å². The van der Waals surface area contributed by atoms with Gasteiger partial charge in [0.2, 0.25) is 0 Å². The Morgan fingerprint density at radius 3 is 1.80 bits per heavy atom. The van der Waals surface area contributed by atoms with Gasteiger partial charge in [0.15, 0.2) is 17.5 Å². The lowest BCUT2D eigenvalue weighted by Crippen LogP contribution is -2.43. The molecule has 49 heavy (non-hydrogen) atoms. The van der Waals surface area contributed by atoms with E-state index in [1.807, 2.05) is 29.5 Å². The number of hydrogen-bond donors (Lipinski definition) is 0. The summed E-state index contributed by atoms with van der Waals surface area (Å²) >= 11 is 1.82. The average molecular weight is 650 g/mol. The molecule has 6 aromatic carbocycles. The molecule has 0 atom stereocenters. The van der Waals surface area contributed by atoms with Crippen molar-refractivity contribution in [2.75, 3.05) is 0 Å². The van der Waals surface area contributed by atoms with Crippen molar-refractivity contribution in [3.8, 4) is 56.4 Å². The molecule has 0 fully saturated rings. The number of rotatable bonds is 4. The Morgan fingerprint density at radius 2 is 1.02 bits per heavy atom. The second-order valence-electron chi connectivity index (χ2n) is 14.1. The minimum absolute atomic E-state index is 0.128. The number of aromatic nitrogens is 3. The summed E-state index contributed by atoms with van der Waals surface area (Å²) < 4.78 is 2.54. The summed E-state index contributed by atoms with van der Waals surface area (Å²) in [7, 11) is 0. The van der Waals surface area contributed by atoms with Crippen molar-refractivity contribution in [3.05, 3.63) is 151 Å². The Balaban J connectivity index is 1.29. The van der Waals surface area contributed by atoms with Crippen LogP contribution in [0.5, 0.6) is 0 Å². The molecular formula is C45H35N3S. The van der Waals surface area contributed by atoms with E-state index in [1.165, 1.54) is 53.6 Å². The number of hydrogen-bond acceptors (Lipinski definition) is 4. The largest absolute Gasteiger partial charge is 0.208 e. The molecule has 2 aromatic heterocycles. The van der Waals surface area contributed by atoms with Crippen LogP contribution in [0.4, 0.5) is 0 Å². The van der Waals surface area contributed by atoms with Gasteiger partial charge in [0.05, 0.1) is 0 Å². The van der Waals surface area contributed by atoms with Crippen molar-refractivity contribution in [2.24, 2.45) is 0 Å². The van der Waals surface area contributed by atoms with Gasteiger partial charge in [0, 0.05) is 36.9 Å². The summed E-state index contributed by atoms with van der Waals surface area (Å²) in [6.07, 6.45) is 0. The van der Waals surface area contributed by atoms with Crippen LogP contribution in [0.15, 0.2) is 140 Å². The number of benzene rings is 6. The van der Waals surface area contributed by atoms with Crippen LogP contribution in [0.3, 0.4) is 0 Å². The van der Waals surface area contributed by atoms with E-state index in [-0.39, 0.29) is 10.8 Å². The molecule has 1 aliphatic carbocycles. The van der Waals surface area contributed by atoms with Crippen LogP contribution in [0.1, 0.15) is 38.8 Å². The van der Waals surface area contributed by atoms with E-state index in [0.29, 0.717) is 17.5 Å². The Kier molecular flexibility index (Phi) is 6.69. The second-order valence-corrected chi connectivity index (χ2v) is 15.2. The van der Waals surface area contributed by atoms with Crippen molar-refractivity contribution in [1.29, 1.82) is 0 Å². The van der Waals surface area contributed by atoms with Gasteiger partial charge in [-0.3, -0.25) is 0 Å². The summed E-state index contributed by atoms with van der Waals surface area (Å²) in [6.45, 7) is 9.52. The van der Waals surface area contributed by atoms with Crippen molar-refractivity contribution in [2.45, 2.75) is 38.5 Å². The van der Waals surface area contributed by atoms with Gasteiger partial charge in [-0.25, -0.2) is 15.0 Å². The molecule has 0 bridgehead atoms. The first-order valence-corrected chi connectivity index (χ1v) is 17.7. The maximum atomic E-state index is 5.28. The summed E-state index contributed by atoms with van der Waals surface area (Å²) in [6, 6.07) is 49.8. The molecule has 0 amide bonds. The lowest BCUT2D eigenvalue weighted by Gasteiger charge is -2.49. The van der Waals surface area contributed by atoms with Gasteiger partial charge < -0.3 is 0 Å². The van der Waals surface area contributed by atoms with Crippen LogP contribution < -0.4 is 0 Å². The molecule has 236 valence electrons. The maximum Gasteiger partial charge on any atom is 0.164 e. The fourth-order valence-corrected chi connectivity index (χ4v) is 8.61. The van der Waals surface area contributed by atoms with Gasteiger partial charge in [-0.2, -0.15) is 0 Å². The topological polar surface area (TPSA) is 38.7 Å². The van der Waals surface area contributed by atoms with Crippen molar-refractivity contribution >= 4 is 31.5 Å². The molecule has 1 aliphatic rings. The van der Waals surface area contributed by atoms with Crippen LogP contribution in [-0.4, -0.2) is 15.0 Å². The SMILES string of the molecule is CC1(C)c2cc(-c3ccccc3)ccc2-c2c(-c3nc(-c4ccccc4)nc(-c4ccc5sc6ccccc6c5c4)n3)cccc2C1(C)C. The van der Waals surface area contributed by atoms with Gasteiger partial charge in [-0.15, -0.1) is 11.3 Å². The molecule has 3 nitrogen and oxygen atoms in total. The first-order chi connectivity index (χ1) is 23.8. The Morgan fingerprint density at radius 1 is 0.408 bits per heavy atom. The van der Waals surface area contributed by atoms with E-state index in [1.54, 1.807) is 0 Å². The summed E-state index contributed by atoms with van der Waals surface area (Å²) in [5.74, 6) is 2.03. The predicted molar refractivity (Wildman–Crippen MR) is 206 cm³/mol. The smallest absolute Gasteiger partial charge is 0.164 e. The third kappa shape index (κ3) is 4.66. The average Bonchev–Trinajstić information content (AvgIpc) is 3.52. The normalized spacial score (nSPS) is 14.4. The zero-order chi connectivity index (χ0) is 33.3. The van der Waals surface area contributed by atoms with Crippen molar-refractivity contribution in [3.63, 3.8) is 0 Å². The quantitative estimate of drug-likeness (QED) is 0.190. The van der Waals surface area contributed by atoms with Gasteiger partial charge in [0.25, 0.3) is 0 Å². The molecule has 0 saturated heterocycles. The minimum Gasteiger partial charge on any atom is -0.208 e. The number of nitrogens with zero attached hydrogens (tertiary/aromatic N) is 3. The zero-order valence-corrected chi connectivity index (χ0v) is 28.8. The van der Waals surface area contributed by atoms with E-state index < -0.39 is 0 Å². The minimum atomic E-state index is -0.163. The second kappa shape index (κ2) is 11.0. The van der Waals surface area contributed by atoms with Gasteiger partial charge in [-0.05, 0) is 74.5 Å². The van der Waals surface area contributed by atoms with E-state index in [0.717, 1.165) is 16.7 Å². The molecule has 9 rings (SSSR count). The van der Waals surface area contributed by atoms with E-state index in [4.69, 9.17) is 15.0 Å². The zero-order valence-electron chi connectivity index (χ0n) is 28.0. The van der Waals surface area contributed by atoms with Crippen molar-refractivity contribution in [1.82, 2.24) is 15.0 Å². The Labute approximate surface area is 291 Å². The maximum absolute atomic E-state index is 5.28. The standard InChI is InChI=1S/C45H35N3S/c1-44(2)36-20-13-19-34(40(36)33-24-22-30(27-37(33)45(44,3)4)28-14-7-5-8-15-28)43-47-41(29-16-9-6-10-17-29)46-42(48-43)31-23-25-39-35(26-31)32-18-11-12-21-38(32)49-39/h5-27H,1-4H3. The third-order valence-corrected chi connectivity index (χ3v) is 12.1. The van der Waals surface area contributed by atoms with Crippen LogP contribution in [-0.2, 0) is 10.8 Å². The van der Waals surface area contributed by atoms with E-state index in [9.17, 15) is 0 Å². The highest BCUT2D eigenvalue weighted by molar-refractivity contribution is 7.25. The monoisotopic (exact) mass is 649 g/mol. The molecule has 0 saturated carbocycles. The molecule has 0 spiro atoms. The Bertz CT molecular complexity index is 2550. The fourth-order valence-electron chi connectivity index (χ4n) is 7.52. The first kappa shape index (κ1) is 29.7. The fraction of sp³-hybridized carbons (Fsp3) is 0.133. The lowest BCUT2D eigenvalue weighted by atomic mass is 9.55. The molecular weight excluding hydrogens is 615 g/mol.